The molecule has 0 aliphatic rings. The van der Waals surface area contributed by atoms with Crippen LogP contribution in [-0.2, 0) is 4.84 Å². The second-order valence-corrected chi connectivity index (χ2v) is 4.46. The quantitative estimate of drug-likeness (QED) is 0.655. The van der Waals surface area contributed by atoms with Gasteiger partial charge >= 0.3 is 0 Å². The van der Waals surface area contributed by atoms with Crippen molar-refractivity contribution in [3.8, 4) is 0 Å². The van der Waals surface area contributed by atoms with Gasteiger partial charge in [0.2, 0.25) is 0 Å². The molecule has 1 atom stereocenters. The minimum atomic E-state index is -0.538. The first-order valence-corrected chi connectivity index (χ1v) is 6.24. The number of anilines is 1. The summed E-state index contributed by atoms with van der Waals surface area (Å²) in [4.78, 5) is 17.4. The van der Waals surface area contributed by atoms with E-state index in [9.17, 15) is 4.79 Å². The van der Waals surface area contributed by atoms with Crippen molar-refractivity contribution in [3.05, 3.63) is 65.7 Å². The molecule has 3 nitrogen and oxygen atoms in total. The van der Waals surface area contributed by atoms with Crippen LogP contribution in [0.1, 0.15) is 22.8 Å². The van der Waals surface area contributed by atoms with E-state index in [2.05, 4.69) is 5.48 Å². The Morgan fingerprint density at radius 1 is 1.05 bits per heavy atom. The van der Waals surface area contributed by atoms with Crippen LogP contribution in [0.5, 0.6) is 0 Å². The van der Waals surface area contributed by atoms with Crippen LogP contribution < -0.4 is 5.48 Å². The lowest BCUT2D eigenvalue weighted by Crippen LogP contribution is -2.23. The van der Waals surface area contributed by atoms with Gasteiger partial charge in [0.1, 0.15) is 6.10 Å². The molecule has 0 saturated heterocycles. The van der Waals surface area contributed by atoms with Gasteiger partial charge in [0.15, 0.2) is 5.78 Å². The molecule has 0 aliphatic heterocycles. The summed E-state index contributed by atoms with van der Waals surface area (Å²) in [7, 11) is 0. The SMILES string of the molecule is Cc1ccc(NO[C@@H](C)C(=O)c2ccccc2)cc1. The van der Waals surface area contributed by atoms with E-state index in [4.69, 9.17) is 4.84 Å². The second-order valence-electron chi connectivity index (χ2n) is 4.46. The van der Waals surface area contributed by atoms with Gasteiger partial charge in [0, 0.05) is 5.56 Å². The Morgan fingerprint density at radius 3 is 2.32 bits per heavy atom. The highest BCUT2D eigenvalue weighted by molar-refractivity contribution is 5.99. The molecule has 0 radical (unpaired) electrons. The molecule has 98 valence electrons. The maximum Gasteiger partial charge on any atom is 0.193 e. The molecule has 3 heteroatoms. The summed E-state index contributed by atoms with van der Waals surface area (Å²) in [6, 6.07) is 16.9. The molecule has 0 fully saturated rings. The van der Waals surface area contributed by atoms with Gasteiger partial charge < -0.3 is 0 Å². The summed E-state index contributed by atoms with van der Waals surface area (Å²) < 4.78 is 0. The summed E-state index contributed by atoms with van der Waals surface area (Å²) in [6.45, 7) is 3.75. The zero-order valence-electron chi connectivity index (χ0n) is 11.1. The number of hydrogen-bond donors (Lipinski definition) is 1. The summed E-state index contributed by atoms with van der Waals surface area (Å²) in [5.41, 5.74) is 5.47. The Hall–Kier alpha value is -2.13. The number of aryl methyl sites for hydroxylation is 1. The third-order valence-electron chi connectivity index (χ3n) is 2.83. The fraction of sp³-hybridized carbons (Fsp3) is 0.188. The topological polar surface area (TPSA) is 38.3 Å². The average molecular weight is 255 g/mol. The number of Topliss-reactive ketones (excluding diaryl/α,β-unsaturated/α-hetero) is 1. The minimum absolute atomic E-state index is 0.0415. The molecule has 0 saturated carbocycles. The van der Waals surface area contributed by atoms with Gasteiger partial charge in [0.25, 0.3) is 0 Å². The number of carbonyl (C=O) groups is 1. The third-order valence-corrected chi connectivity index (χ3v) is 2.83. The zero-order chi connectivity index (χ0) is 13.7. The Kier molecular flexibility index (Phi) is 4.31. The summed E-state index contributed by atoms with van der Waals surface area (Å²) >= 11 is 0. The number of hydrogen-bond acceptors (Lipinski definition) is 3. The summed E-state index contributed by atoms with van der Waals surface area (Å²) in [5, 5.41) is 0. The lowest BCUT2D eigenvalue weighted by Gasteiger charge is -2.13. The van der Waals surface area contributed by atoms with Crippen molar-refractivity contribution in [1.29, 1.82) is 0 Å². The molecule has 0 spiro atoms. The molecule has 2 aromatic carbocycles. The fourth-order valence-corrected chi connectivity index (χ4v) is 1.67. The molecular weight excluding hydrogens is 238 g/mol. The van der Waals surface area contributed by atoms with Crippen LogP contribution >= 0.6 is 0 Å². The van der Waals surface area contributed by atoms with Gasteiger partial charge in [-0.2, -0.15) is 0 Å². The van der Waals surface area contributed by atoms with Crippen molar-refractivity contribution in [2.75, 3.05) is 5.48 Å². The van der Waals surface area contributed by atoms with Gasteiger partial charge in [-0.15, -0.1) is 0 Å². The standard InChI is InChI=1S/C16H17NO2/c1-12-8-10-15(11-9-12)17-19-13(2)16(18)14-6-4-3-5-7-14/h3-11,13,17H,1-2H3/t13-/m0/s1. The van der Waals surface area contributed by atoms with Crippen LogP contribution in [-0.4, -0.2) is 11.9 Å². The van der Waals surface area contributed by atoms with E-state index in [1.165, 1.54) is 5.56 Å². The van der Waals surface area contributed by atoms with Gasteiger partial charge in [-0.25, -0.2) is 0 Å². The minimum Gasteiger partial charge on any atom is -0.291 e. The highest BCUT2D eigenvalue weighted by atomic mass is 16.7. The largest absolute Gasteiger partial charge is 0.291 e. The van der Waals surface area contributed by atoms with E-state index in [0.717, 1.165) is 5.69 Å². The molecule has 2 rings (SSSR count). The molecule has 0 heterocycles. The molecule has 2 aromatic rings. The lowest BCUT2D eigenvalue weighted by molar-refractivity contribution is 0.0648. The summed E-state index contributed by atoms with van der Waals surface area (Å²) in [5.74, 6) is -0.0415. The molecule has 0 amide bonds. The van der Waals surface area contributed by atoms with Crippen LogP contribution in [0.25, 0.3) is 0 Å². The van der Waals surface area contributed by atoms with E-state index in [1.807, 2.05) is 49.4 Å². The molecule has 1 N–H and O–H groups in total. The van der Waals surface area contributed by atoms with Crippen molar-refractivity contribution in [1.82, 2.24) is 0 Å². The predicted molar refractivity (Wildman–Crippen MR) is 76.1 cm³/mol. The zero-order valence-corrected chi connectivity index (χ0v) is 11.1. The second kappa shape index (κ2) is 6.16. The fourth-order valence-electron chi connectivity index (χ4n) is 1.67. The highest BCUT2D eigenvalue weighted by Gasteiger charge is 2.15. The van der Waals surface area contributed by atoms with Crippen molar-refractivity contribution >= 4 is 11.5 Å². The molecular formula is C16H17NO2. The van der Waals surface area contributed by atoms with Gasteiger partial charge in [-0.1, -0.05) is 48.0 Å². The van der Waals surface area contributed by atoms with Crippen LogP contribution in [0.2, 0.25) is 0 Å². The molecule has 0 aromatic heterocycles. The third kappa shape index (κ3) is 3.66. The monoisotopic (exact) mass is 255 g/mol. The van der Waals surface area contributed by atoms with Gasteiger partial charge in [-0.05, 0) is 26.0 Å². The first-order valence-electron chi connectivity index (χ1n) is 6.24. The number of nitrogens with one attached hydrogen (secondary N) is 1. The van der Waals surface area contributed by atoms with Crippen molar-refractivity contribution in [2.45, 2.75) is 20.0 Å². The Bertz CT molecular complexity index is 534. The van der Waals surface area contributed by atoms with E-state index >= 15 is 0 Å². The van der Waals surface area contributed by atoms with Crippen molar-refractivity contribution < 1.29 is 9.63 Å². The normalized spacial score (nSPS) is 11.9. The maximum atomic E-state index is 12.1. The Labute approximate surface area is 113 Å². The average Bonchev–Trinajstić information content (AvgIpc) is 2.46. The smallest absolute Gasteiger partial charge is 0.193 e. The lowest BCUT2D eigenvalue weighted by atomic mass is 10.1. The van der Waals surface area contributed by atoms with Crippen LogP contribution in [0.15, 0.2) is 54.6 Å². The van der Waals surface area contributed by atoms with Gasteiger partial charge in [0.05, 0.1) is 5.69 Å². The molecule has 19 heavy (non-hydrogen) atoms. The van der Waals surface area contributed by atoms with Crippen LogP contribution in [0, 0.1) is 6.92 Å². The van der Waals surface area contributed by atoms with E-state index in [0.29, 0.717) is 5.56 Å². The van der Waals surface area contributed by atoms with E-state index in [-0.39, 0.29) is 5.78 Å². The number of benzene rings is 2. The van der Waals surface area contributed by atoms with Crippen LogP contribution in [0.4, 0.5) is 5.69 Å². The first-order chi connectivity index (χ1) is 9.16. The van der Waals surface area contributed by atoms with E-state index in [1.54, 1.807) is 19.1 Å². The maximum absolute atomic E-state index is 12.1. The Balaban J connectivity index is 1.92. The number of ketones is 1. The molecule has 0 unspecified atom stereocenters. The number of rotatable bonds is 5. The predicted octanol–water partition coefficient (Wildman–Crippen LogP) is 3.61. The summed E-state index contributed by atoms with van der Waals surface area (Å²) in [6.07, 6.45) is -0.538. The molecule has 0 bridgehead atoms. The van der Waals surface area contributed by atoms with Gasteiger partial charge in [-0.3, -0.25) is 15.1 Å². The highest BCUT2D eigenvalue weighted by Crippen LogP contribution is 2.11. The number of carbonyl (C=O) groups excluding carboxylic acids is 1. The van der Waals surface area contributed by atoms with Crippen molar-refractivity contribution in [2.24, 2.45) is 0 Å². The Morgan fingerprint density at radius 2 is 1.68 bits per heavy atom. The molecule has 0 aliphatic carbocycles. The van der Waals surface area contributed by atoms with Crippen LogP contribution in [0.3, 0.4) is 0 Å². The van der Waals surface area contributed by atoms with Crippen molar-refractivity contribution in [3.63, 3.8) is 0 Å². The van der Waals surface area contributed by atoms with E-state index < -0.39 is 6.10 Å². The first kappa shape index (κ1) is 13.3.